The third kappa shape index (κ3) is 22.1. The van der Waals surface area contributed by atoms with Gasteiger partial charge in [-0.2, -0.15) is 8.42 Å². The number of allylic oxidation sites excluding steroid dienone is 2. The number of carboxylic acids is 2. The van der Waals surface area contributed by atoms with Crippen molar-refractivity contribution in [2.24, 2.45) is 69.0 Å². The van der Waals surface area contributed by atoms with Crippen LogP contribution in [0.1, 0.15) is 182 Å². The van der Waals surface area contributed by atoms with E-state index in [1.807, 2.05) is 58.4 Å². The number of hydrogen-bond acceptors (Lipinski definition) is 24. The Morgan fingerprint density at radius 2 is 1.06 bits per heavy atom. The number of Topliss-reactive ketones (excluding diaryl/α,β-unsaturated/α-hetero) is 2. The molecule has 27 nitrogen and oxygen atoms in total. The summed E-state index contributed by atoms with van der Waals surface area (Å²) >= 11 is 19.6. The molecule has 8 aliphatic rings. The van der Waals surface area contributed by atoms with Gasteiger partial charge in [0, 0.05) is 84.6 Å². The van der Waals surface area contributed by atoms with Gasteiger partial charge in [-0.25, -0.2) is 15.0 Å². The third-order valence-corrected chi connectivity index (χ3v) is 30.5. The number of carboxylic acid groups (broad SMARTS) is 2. The highest BCUT2D eigenvalue weighted by Crippen LogP contribution is 2.59. The Hall–Kier alpha value is -8.53. The molecule has 15 rings (SSSR count). The highest BCUT2D eigenvalue weighted by Gasteiger charge is 2.63. The molecule has 127 heavy (non-hydrogen) atoms. The third-order valence-electron chi connectivity index (χ3n) is 26.1. The smallest absolute Gasteiger partial charge is 0.310 e. The summed E-state index contributed by atoms with van der Waals surface area (Å²) in [6.45, 7) is 28.3. The quantitative estimate of drug-likeness (QED) is 0.0144. The van der Waals surface area contributed by atoms with Gasteiger partial charge in [-0.1, -0.05) is 121 Å². The summed E-state index contributed by atoms with van der Waals surface area (Å²) in [5.74, 6) is -2.76. The van der Waals surface area contributed by atoms with Gasteiger partial charge in [0.15, 0.2) is 17.0 Å². The van der Waals surface area contributed by atoms with Crippen LogP contribution in [0.15, 0.2) is 111 Å². The molecule has 684 valence electrons. The molecule has 2 amide bonds. The summed E-state index contributed by atoms with van der Waals surface area (Å²) in [5.41, 5.74) is 0.0806. The molecule has 0 bridgehead atoms. The molecule has 7 aromatic rings. The summed E-state index contributed by atoms with van der Waals surface area (Å²) in [7, 11) is -1.05. The summed E-state index contributed by atoms with van der Waals surface area (Å²) in [4.78, 5) is 141. The molecule has 6 aliphatic carbocycles. The Morgan fingerprint density at radius 3 is 1.50 bits per heavy atom. The molecule has 4 aromatic heterocycles. The lowest BCUT2D eigenvalue weighted by molar-refractivity contribution is -0.157. The number of hydrogen-bond donors (Lipinski definition) is 3. The fourth-order valence-electron chi connectivity index (χ4n) is 18.1. The van der Waals surface area contributed by atoms with Crippen LogP contribution in [0.25, 0.3) is 43.2 Å². The summed E-state index contributed by atoms with van der Waals surface area (Å²) in [6, 6.07) is 14.1. The molecular weight excluding hydrogens is 1800 g/mol. The number of amides is 2. The van der Waals surface area contributed by atoms with E-state index in [1.54, 1.807) is 62.8 Å². The molecule has 8 fully saturated rings. The molecule has 2 aliphatic heterocycles. The molecule has 2 unspecified atom stereocenters. The minimum absolute atomic E-state index is 0.0354. The standard InChI is InChI=1S/C44H54ClN3O9S.C32H40BrNO9S.C18H19ClN2O3S/c1-8-26-19-44(26,42(52)53)20-34(49)33-16-28(21-48(33)41(51)30(43(4,5)6)17-37(50)57-27-14-24-13-25(24)15-27)56-36-18-31(40-47-32(22-58-40)23(2)3)46-39-29(36)9-10-35(38(39)45)55-12-11-54-7;1-5-20-15-32(20,30(38)39)16-27(35)26-13-23(43-44(40,41)24-8-6-21(33)7-9-24)17-34(26)29(37)25(31(2,3)4)14-28(36)42-22-11-18-10-19(18)12-22;1-10(2)13-9-25-18(21-13)12-8-14(22)11-4-5-15(24-7-6-23-3)16(19)17(11)20-12/h8-10,18,22-28,30,33H,1,11-17,19-21H2,2-7H3,(H,52,53);5-9,18-20,22-23,25-26H,1,10-17H2,2-4H3,(H,38,39);4-5,8-10H,6-7H2,1-3H3,(H,20,22)/t24-,25+,26-,27?,28-,30-,33+,44-;18-,19+,20-,22?,23+,25-,26+,32-;/m11./s1. The average Bonchev–Trinajstić information content (AvgIpc) is 1.56. The minimum atomic E-state index is -4.24. The maximum atomic E-state index is 14.8. The number of nitrogens with one attached hydrogen (secondary N) is 1. The number of benzene rings is 3. The predicted molar refractivity (Wildman–Crippen MR) is 485 cm³/mol. The van der Waals surface area contributed by atoms with Crippen molar-refractivity contribution in [3.05, 3.63) is 133 Å². The highest BCUT2D eigenvalue weighted by molar-refractivity contribution is 9.10. The van der Waals surface area contributed by atoms with Crippen LogP contribution in [0.4, 0.5) is 0 Å². The van der Waals surface area contributed by atoms with Gasteiger partial charge in [0.05, 0.1) is 106 Å². The summed E-state index contributed by atoms with van der Waals surface area (Å²) in [6.07, 6.45) is 6.55. The summed E-state index contributed by atoms with van der Waals surface area (Å²) in [5, 5.41) is 27.3. The molecule has 6 heterocycles. The van der Waals surface area contributed by atoms with Crippen molar-refractivity contribution in [2.45, 2.75) is 212 Å². The number of aliphatic carboxylic acids is 2. The number of aromatic amines is 1. The van der Waals surface area contributed by atoms with E-state index < -0.39 is 103 Å². The molecule has 0 spiro atoms. The number of likely N-dealkylation sites (tertiary alicyclic amines) is 2. The second-order valence-corrected chi connectivity index (χ2v) is 42.8. The first-order valence-electron chi connectivity index (χ1n) is 43.3. The van der Waals surface area contributed by atoms with Crippen molar-refractivity contribution in [2.75, 3.05) is 53.7 Å². The van der Waals surface area contributed by atoms with Crippen molar-refractivity contribution in [3.8, 4) is 38.7 Å². The number of ketones is 2. The van der Waals surface area contributed by atoms with Gasteiger partial charge >= 0.3 is 23.9 Å². The lowest BCUT2D eigenvalue weighted by atomic mass is 9.77. The number of thiazole rings is 2. The van der Waals surface area contributed by atoms with Gasteiger partial charge in [0.1, 0.15) is 74.5 Å². The number of halogens is 3. The lowest BCUT2D eigenvalue weighted by Gasteiger charge is -2.35. The number of ether oxygens (including phenoxy) is 7. The summed E-state index contributed by atoms with van der Waals surface area (Å²) < 4.78 is 72.5. The normalized spacial score (nSPS) is 25.4. The number of nitrogens with zero attached hydrogens (tertiary/aromatic N) is 5. The average molecular weight is 1910 g/mol. The maximum Gasteiger partial charge on any atom is 0.310 e. The molecular formula is C94H113BrCl2N6O21S3. The minimum Gasteiger partial charge on any atom is -0.490 e. The van der Waals surface area contributed by atoms with Crippen molar-refractivity contribution < 1.29 is 94.3 Å². The Bertz CT molecular complexity index is 5510. The Balaban J connectivity index is 0.000000176. The fraction of sp³-hybridized carbons (Fsp3) is 0.553. The van der Waals surface area contributed by atoms with Crippen LogP contribution in [0.5, 0.6) is 17.2 Å². The second kappa shape index (κ2) is 39.3. The molecule has 3 N–H and O–H groups in total. The second-order valence-electron chi connectivity index (χ2n) is 37.8. The number of carbonyl (C=O) groups excluding carboxylic acids is 6. The molecule has 33 heteroatoms. The Morgan fingerprint density at radius 1 is 0.598 bits per heavy atom. The van der Waals surface area contributed by atoms with Crippen LogP contribution in [-0.2, 0) is 71.6 Å². The van der Waals surface area contributed by atoms with Crippen LogP contribution in [0.3, 0.4) is 0 Å². The number of esters is 2. The monoisotopic (exact) mass is 1910 g/mol. The zero-order valence-electron chi connectivity index (χ0n) is 73.6. The first-order chi connectivity index (χ1) is 60.1. The van der Waals surface area contributed by atoms with E-state index >= 15 is 0 Å². The van der Waals surface area contributed by atoms with E-state index in [0.717, 1.165) is 42.1 Å². The van der Waals surface area contributed by atoms with Gasteiger partial charge in [-0.15, -0.1) is 35.8 Å². The van der Waals surface area contributed by atoms with Crippen molar-refractivity contribution in [1.82, 2.24) is 29.7 Å². The molecule has 3 aromatic carbocycles. The molecule has 16 atom stereocenters. The maximum absolute atomic E-state index is 14.8. The van der Waals surface area contributed by atoms with Gasteiger partial charge in [-0.3, -0.25) is 47.3 Å². The Labute approximate surface area is 766 Å². The van der Waals surface area contributed by atoms with E-state index in [0.29, 0.717) is 121 Å². The zero-order chi connectivity index (χ0) is 91.8. The zero-order valence-corrected chi connectivity index (χ0v) is 79.2. The number of fused-ring (bicyclic) bond motifs is 4. The highest BCUT2D eigenvalue weighted by atomic mass is 79.9. The van der Waals surface area contributed by atoms with Crippen molar-refractivity contribution in [3.63, 3.8) is 0 Å². The van der Waals surface area contributed by atoms with Gasteiger partial charge in [0.25, 0.3) is 10.1 Å². The van der Waals surface area contributed by atoms with E-state index in [9.17, 15) is 61.8 Å². The SMILES string of the molecule is C=C[C@@H]1C[C@]1(CC(=O)[C@@H]1C[C@@H](Oc2cc(-c3nc(C(C)C)cs3)nc3c(Cl)c(OCCOC)ccc23)CN1C(=O)[C@@H](CC(=O)OC1C[C@@H]2C[C@@H]2C1)C(C)(C)C)C(=O)O.C=C[C@@H]1C[C@]1(CC(=O)[C@@H]1C[C@H](OS(=O)(=O)c2ccc(Br)cc2)CN1C(=O)[C@@H](CC(=O)OC1C[C@@H]2C[C@@H]2C1)C(C)(C)C)C(=O)O.COCCOc1ccc2c(=O)cc(-c3nc(C(C)C)cs3)[nH]c2c1Cl. The number of pyridine rings is 2. The molecule has 2 saturated heterocycles. The van der Waals surface area contributed by atoms with Crippen LogP contribution < -0.4 is 19.6 Å². The van der Waals surface area contributed by atoms with Gasteiger partial charge < -0.3 is 58.2 Å². The first-order valence-corrected chi connectivity index (χ1v) is 48.1. The topological polar surface area (TPSA) is 363 Å². The van der Waals surface area contributed by atoms with Crippen molar-refractivity contribution in [1.29, 1.82) is 0 Å². The van der Waals surface area contributed by atoms with E-state index in [2.05, 4.69) is 66.8 Å². The predicted octanol–water partition coefficient (Wildman–Crippen LogP) is 17.3. The fourth-order valence-corrected chi connectivity index (χ4v) is 21.9. The van der Waals surface area contributed by atoms with Crippen molar-refractivity contribution >= 4 is 141 Å². The molecule has 6 saturated carbocycles. The Kier molecular flexibility index (Phi) is 29.7. The van der Waals surface area contributed by atoms with E-state index in [4.69, 9.17) is 70.5 Å². The number of rotatable bonds is 35. The van der Waals surface area contributed by atoms with Crippen LogP contribution in [0.2, 0.25) is 10.0 Å². The first kappa shape index (κ1) is 96.0. The van der Waals surface area contributed by atoms with Crippen LogP contribution in [-0.4, -0.2) is 186 Å². The number of carbonyl (C=O) groups is 8. The molecule has 0 radical (unpaired) electrons. The van der Waals surface area contributed by atoms with Crippen LogP contribution in [0, 0.1) is 69.0 Å². The van der Waals surface area contributed by atoms with Crippen LogP contribution >= 0.6 is 61.8 Å². The van der Waals surface area contributed by atoms with E-state index in [1.165, 1.54) is 63.5 Å². The van der Waals surface area contributed by atoms with Gasteiger partial charge in [-0.05, 0) is 158 Å². The lowest BCUT2D eigenvalue weighted by Crippen LogP contribution is -2.48. The van der Waals surface area contributed by atoms with E-state index in [-0.39, 0.29) is 122 Å². The van der Waals surface area contributed by atoms with Gasteiger partial charge in [0.2, 0.25) is 11.8 Å². The number of methoxy groups -OCH3 is 2. The largest absolute Gasteiger partial charge is 0.490 e. The number of aromatic nitrogens is 4. The number of H-pyrrole nitrogens is 1.